The van der Waals surface area contributed by atoms with Gasteiger partial charge in [0.05, 0.1) is 15.9 Å². The number of aliphatic hydroxyl groups excluding tert-OH is 1. The van der Waals surface area contributed by atoms with Crippen LogP contribution in [0.1, 0.15) is 23.4 Å². The van der Waals surface area contributed by atoms with Gasteiger partial charge < -0.3 is 5.11 Å². The van der Waals surface area contributed by atoms with Crippen molar-refractivity contribution in [3.63, 3.8) is 0 Å². The van der Waals surface area contributed by atoms with Gasteiger partial charge in [-0.2, -0.15) is 5.26 Å². The highest BCUT2D eigenvalue weighted by molar-refractivity contribution is 14.1. The zero-order chi connectivity index (χ0) is 10.7. The second-order valence-electron chi connectivity index (χ2n) is 2.44. The van der Waals surface area contributed by atoms with Crippen molar-refractivity contribution >= 4 is 22.6 Å². The van der Waals surface area contributed by atoms with Crippen LogP contribution in [0, 0.1) is 14.9 Å². The number of aromatic nitrogens is 1. The molecule has 0 fully saturated rings. The highest BCUT2D eigenvalue weighted by Gasteiger charge is 2.16. The highest BCUT2D eigenvalue weighted by Crippen LogP contribution is 2.26. The zero-order valence-electron chi connectivity index (χ0n) is 6.84. The number of pyridine rings is 1. The van der Waals surface area contributed by atoms with Gasteiger partial charge in [-0.25, -0.2) is 13.8 Å². The Balaban J connectivity index is 3.36. The maximum absolute atomic E-state index is 12.4. The van der Waals surface area contributed by atoms with Crippen LogP contribution in [0.4, 0.5) is 8.78 Å². The minimum Gasteiger partial charge on any atom is -0.390 e. The van der Waals surface area contributed by atoms with Crippen molar-refractivity contribution in [1.82, 2.24) is 4.98 Å². The predicted octanol–water partition coefficient (Wildman–Crippen LogP) is 1.99. The Morgan fingerprint density at radius 3 is 2.71 bits per heavy atom. The van der Waals surface area contributed by atoms with E-state index in [-0.39, 0.29) is 20.5 Å². The SMILES string of the molecule is N#Cc1nc(CO)cc(C(F)F)c1I. The summed E-state index contributed by atoms with van der Waals surface area (Å²) in [4.78, 5) is 3.70. The fraction of sp³-hybridized carbons (Fsp3) is 0.250. The summed E-state index contributed by atoms with van der Waals surface area (Å²) in [5.74, 6) is 0. The molecular weight excluding hydrogens is 305 g/mol. The third-order valence-electron chi connectivity index (χ3n) is 1.54. The second kappa shape index (κ2) is 4.61. The fourth-order valence-corrected chi connectivity index (χ4v) is 1.55. The minimum atomic E-state index is -2.66. The summed E-state index contributed by atoms with van der Waals surface area (Å²) in [6.45, 7) is -0.453. The van der Waals surface area contributed by atoms with Crippen LogP contribution < -0.4 is 0 Å². The molecular formula is C8H5F2IN2O. The number of alkyl halides is 2. The Hall–Kier alpha value is -0.810. The van der Waals surface area contributed by atoms with Crippen molar-refractivity contribution in [2.24, 2.45) is 0 Å². The van der Waals surface area contributed by atoms with E-state index in [0.717, 1.165) is 6.07 Å². The molecule has 0 aliphatic rings. The number of nitriles is 1. The van der Waals surface area contributed by atoms with E-state index in [1.165, 1.54) is 0 Å². The van der Waals surface area contributed by atoms with Gasteiger partial charge >= 0.3 is 0 Å². The fourth-order valence-electron chi connectivity index (χ4n) is 0.918. The number of hydrogen-bond donors (Lipinski definition) is 1. The lowest BCUT2D eigenvalue weighted by Crippen LogP contribution is -2.01. The Kier molecular flexibility index (Phi) is 3.71. The molecule has 0 amide bonds. The molecule has 3 nitrogen and oxygen atoms in total. The molecule has 0 bridgehead atoms. The maximum atomic E-state index is 12.4. The van der Waals surface area contributed by atoms with Gasteiger partial charge in [0.15, 0.2) is 5.69 Å². The van der Waals surface area contributed by atoms with Gasteiger partial charge in [-0.15, -0.1) is 0 Å². The molecule has 0 aromatic carbocycles. The van der Waals surface area contributed by atoms with E-state index in [4.69, 9.17) is 10.4 Å². The molecule has 0 saturated heterocycles. The molecule has 1 aromatic heterocycles. The predicted molar refractivity (Wildman–Crippen MR) is 52.5 cm³/mol. The molecule has 0 unspecified atom stereocenters. The van der Waals surface area contributed by atoms with E-state index >= 15 is 0 Å². The molecule has 0 radical (unpaired) electrons. The quantitative estimate of drug-likeness (QED) is 0.850. The molecule has 14 heavy (non-hydrogen) atoms. The smallest absolute Gasteiger partial charge is 0.265 e. The summed E-state index contributed by atoms with van der Waals surface area (Å²) in [7, 11) is 0. The molecule has 0 aliphatic carbocycles. The lowest BCUT2D eigenvalue weighted by Gasteiger charge is -2.06. The van der Waals surface area contributed by atoms with E-state index in [2.05, 4.69) is 4.98 Å². The summed E-state index contributed by atoms with van der Waals surface area (Å²) in [6.07, 6.45) is -2.66. The molecule has 0 aliphatic heterocycles. The molecule has 1 rings (SSSR count). The maximum Gasteiger partial charge on any atom is 0.265 e. The number of halogens is 3. The normalized spacial score (nSPS) is 10.3. The second-order valence-corrected chi connectivity index (χ2v) is 3.51. The standard InChI is InChI=1S/C8H5F2IN2O/c9-8(10)5-1-4(3-14)13-6(2-12)7(5)11/h1,8,14H,3H2. The van der Waals surface area contributed by atoms with Gasteiger partial charge in [0.1, 0.15) is 6.07 Å². The van der Waals surface area contributed by atoms with Crippen molar-refractivity contribution < 1.29 is 13.9 Å². The van der Waals surface area contributed by atoms with Crippen molar-refractivity contribution in [1.29, 1.82) is 5.26 Å². The van der Waals surface area contributed by atoms with E-state index in [1.54, 1.807) is 28.7 Å². The van der Waals surface area contributed by atoms with E-state index < -0.39 is 13.0 Å². The molecule has 74 valence electrons. The van der Waals surface area contributed by atoms with Gasteiger partial charge in [-0.3, -0.25) is 0 Å². The van der Waals surface area contributed by atoms with Crippen LogP contribution in [0.15, 0.2) is 6.07 Å². The Morgan fingerprint density at radius 1 is 1.64 bits per heavy atom. The molecule has 0 saturated carbocycles. The lowest BCUT2D eigenvalue weighted by atomic mass is 10.2. The Morgan fingerprint density at radius 2 is 2.29 bits per heavy atom. The van der Waals surface area contributed by atoms with E-state index in [0.29, 0.717) is 0 Å². The summed E-state index contributed by atoms with van der Waals surface area (Å²) >= 11 is 1.64. The van der Waals surface area contributed by atoms with Gasteiger partial charge in [0.2, 0.25) is 0 Å². The zero-order valence-corrected chi connectivity index (χ0v) is 8.99. The van der Waals surface area contributed by atoms with Crippen molar-refractivity contribution in [2.75, 3.05) is 0 Å². The molecule has 1 N–H and O–H groups in total. The van der Waals surface area contributed by atoms with Crippen LogP contribution in [-0.4, -0.2) is 10.1 Å². The Labute approximate surface area is 92.5 Å². The third kappa shape index (κ3) is 2.16. The van der Waals surface area contributed by atoms with Crippen LogP contribution in [0.3, 0.4) is 0 Å². The number of hydrogen-bond acceptors (Lipinski definition) is 3. The number of nitrogens with zero attached hydrogens (tertiary/aromatic N) is 2. The first-order valence-electron chi connectivity index (χ1n) is 3.58. The van der Waals surface area contributed by atoms with E-state index in [9.17, 15) is 8.78 Å². The highest BCUT2D eigenvalue weighted by atomic mass is 127. The van der Waals surface area contributed by atoms with Crippen LogP contribution in [-0.2, 0) is 6.61 Å². The summed E-state index contributed by atoms with van der Waals surface area (Å²) in [5.41, 5.74) is -0.258. The summed E-state index contributed by atoms with van der Waals surface area (Å²) < 4.78 is 25.0. The molecule has 0 spiro atoms. The number of aliphatic hydroxyl groups is 1. The molecule has 1 heterocycles. The third-order valence-corrected chi connectivity index (χ3v) is 2.68. The topological polar surface area (TPSA) is 56.9 Å². The monoisotopic (exact) mass is 310 g/mol. The van der Waals surface area contributed by atoms with Gasteiger partial charge in [-0.1, -0.05) is 0 Å². The van der Waals surface area contributed by atoms with Crippen LogP contribution >= 0.6 is 22.6 Å². The van der Waals surface area contributed by atoms with Gasteiger partial charge in [-0.05, 0) is 28.7 Å². The van der Waals surface area contributed by atoms with Crippen molar-refractivity contribution in [3.8, 4) is 6.07 Å². The summed E-state index contributed by atoms with van der Waals surface area (Å²) in [6, 6.07) is 2.81. The van der Waals surface area contributed by atoms with Crippen molar-refractivity contribution in [2.45, 2.75) is 13.0 Å². The lowest BCUT2D eigenvalue weighted by molar-refractivity contribution is 0.150. The van der Waals surface area contributed by atoms with Gasteiger partial charge in [0.25, 0.3) is 6.43 Å². The molecule has 6 heteroatoms. The molecule has 0 atom stereocenters. The van der Waals surface area contributed by atoms with Crippen LogP contribution in [0.25, 0.3) is 0 Å². The minimum absolute atomic E-state index is 0.0764. The first kappa shape index (κ1) is 11.3. The molecule has 1 aromatic rings. The van der Waals surface area contributed by atoms with Crippen LogP contribution in [0.2, 0.25) is 0 Å². The first-order chi connectivity index (χ1) is 6.60. The average molecular weight is 310 g/mol. The first-order valence-corrected chi connectivity index (χ1v) is 4.66. The van der Waals surface area contributed by atoms with Gasteiger partial charge in [0, 0.05) is 5.56 Å². The van der Waals surface area contributed by atoms with E-state index in [1.807, 2.05) is 0 Å². The largest absolute Gasteiger partial charge is 0.390 e. The summed E-state index contributed by atoms with van der Waals surface area (Å²) in [5, 5.41) is 17.3. The average Bonchev–Trinajstić information content (AvgIpc) is 2.17. The van der Waals surface area contributed by atoms with Crippen molar-refractivity contribution in [3.05, 3.63) is 26.6 Å². The van der Waals surface area contributed by atoms with Crippen LogP contribution in [0.5, 0.6) is 0 Å². The Bertz CT molecular complexity index is 390. The number of rotatable bonds is 2.